The Morgan fingerprint density at radius 2 is 2.11 bits per heavy atom. The Hall–Kier alpha value is -2.24. The van der Waals surface area contributed by atoms with E-state index in [1.165, 1.54) is 0 Å². The Bertz CT molecular complexity index is 429. The Labute approximate surface area is 105 Å². The molecule has 0 heterocycles. The highest BCUT2D eigenvalue weighted by molar-refractivity contribution is 5.98. The number of nitrogens with one attached hydrogen (secondary N) is 1. The standard InChI is InChI=1S/C12H17N3O3/c1-3-10(11(13)15-17)14-12(16)8-4-6-9(18-2)7-5-8/h4-7,10,17H,3H2,1-2H3,(H2,13,15)(H,14,16). The molecule has 6 nitrogen and oxygen atoms in total. The van der Waals surface area contributed by atoms with Crippen LogP contribution in [0.2, 0.25) is 0 Å². The van der Waals surface area contributed by atoms with Crippen LogP contribution in [-0.4, -0.2) is 30.1 Å². The first-order valence-electron chi connectivity index (χ1n) is 5.54. The number of ether oxygens (including phenoxy) is 1. The summed E-state index contributed by atoms with van der Waals surface area (Å²) in [5, 5.41) is 14.2. The third kappa shape index (κ3) is 3.38. The summed E-state index contributed by atoms with van der Waals surface area (Å²) in [4.78, 5) is 11.9. The molecule has 0 saturated carbocycles. The van der Waals surface area contributed by atoms with Gasteiger partial charge in [0.05, 0.1) is 13.2 Å². The molecule has 1 unspecified atom stereocenters. The molecule has 1 aromatic rings. The molecule has 4 N–H and O–H groups in total. The molecule has 0 spiro atoms. The van der Waals surface area contributed by atoms with E-state index in [0.29, 0.717) is 17.7 Å². The number of amides is 1. The summed E-state index contributed by atoms with van der Waals surface area (Å²) in [6.45, 7) is 1.83. The van der Waals surface area contributed by atoms with Crippen LogP contribution in [0.15, 0.2) is 29.4 Å². The third-order valence-electron chi connectivity index (χ3n) is 2.54. The maximum atomic E-state index is 11.9. The van der Waals surface area contributed by atoms with Crippen molar-refractivity contribution in [2.24, 2.45) is 10.9 Å². The molecule has 0 aromatic heterocycles. The third-order valence-corrected chi connectivity index (χ3v) is 2.54. The molecule has 0 aliphatic heterocycles. The normalized spacial score (nSPS) is 12.9. The van der Waals surface area contributed by atoms with Crippen molar-refractivity contribution in [1.82, 2.24) is 5.32 Å². The maximum Gasteiger partial charge on any atom is 0.251 e. The quantitative estimate of drug-likeness (QED) is 0.314. The van der Waals surface area contributed by atoms with Gasteiger partial charge in [0.25, 0.3) is 5.91 Å². The molecule has 0 fully saturated rings. The SMILES string of the molecule is CCC(NC(=O)c1ccc(OC)cc1)/C(N)=N/O. The van der Waals surface area contributed by atoms with E-state index >= 15 is 0 Å². The molecule has 0 saturated heterocycles. The van der Waals surface area contributed by atoms with Crippen LogP contribution >= 0.6 is 0 Å². The van der Waals surface area contributed by atoms with Gasteiger partial charge < -0.3 is 21.0 Å². The summed E-state index contributed by atoms with van der Waals surface area (Å²) in [6, 6.07) is 6.20. The lowest BCUT2D eigenvalue weighted by molar-refractivity contribution is 0.0945. The van der Waals surface area contributed by atoms with Crippen LogP contribution in [-0.2, 0) is 0 Å². The molecule has 0 radical (unpaired) electrons. The Balaban J connectivity index is 2.74. The fourth-order valence-corrected chi connectivity index (χ4v) is 1.44. The maximum absolute atomic E-state index is 11.9. The zero-order chi connectivity index (χ0) is 13.5. The first kappa shape index (κ1) is 13.8. The van der Waals surface area contributed by atoms with Gasteiger partial charge in [-0.2, -0.15) is 0 Å². The van der Waals surface area contributed by atoms with Crippen molar-refractivity contribution in [3.8, 4) is 5.75 Å². The van der Waals surface area contributed by atoms with Crippen molar-refractivity contribution in [2.45, 2.75) is 19.4 Å². The van der Waals surface area contributed by atoms with Gasteiger partial charge >= 0.3 is 0 Å². The van der Waals surface area contributed by atoms with Gasteiger partial charge in [-0.1, -0.05) is 12.1 Å². The van der Waals surface area contributed by atoms with Crippen LogP contribution in [0, 0.1) is 0 Å². The largest absolute Gasteiger partial charge is 0.497 e. The van der Waals surface area contributed by atoms with E-state index in [0.717, 1.165) is 0 Å². The van der Waals surface area contributed by atoms with Crippen molar-refractivity contribution in [2.75, 3.05) is 7.11 Å². The zero-order valence-electron chi connectivity index (χ0n) is 10.4. The van der Waals surface area contributed by atoms with Gasteiger partial charge in [0.1, 0.15) is 5.75 Å². The van der Waals surface area contributed by atoms with E-state index < -0.39 is 6.04 Å². The van der Waals surface area contributed by atoms with Crippen molar-refractivity contribution < 1.29 is 14.7 Å². The van der Waals surface area contributed by atoms with Gasteiger partial charge in [0, 0.05) is 5.56 Å². The molecule has 1 rings (SSSR count). The summed E-state index contributed by atoms with van der Waals surface area (Å²) in [5.74, 6) is 0.380. The number of nitrogens with zero attached hydrogens (tertiary/aromatic N) is 1. The average molecular weight is 251 g/mol. The second-order valence-corrected chi connectivity index (χ2v) is 3.69. The van der Waals surface area contributed by atoms with Crippen LogP contribution in [0.5, 0.6) is 5.75 Å². The molecule has 1 aromatic carbocycles. The van der Waals surface area contributed by atoms with E-state index in [1.807, 2.05) is 6.92 Å². The molecule has 0 bridgehead atoms. The van der Waals surface area contributed by atoms with Gasteiger partial charge in [0.2, 0.25) is 0 Å². The highest BCUT2D eigenvalue weighted by atomic mass is 16.5. The lowest BCUT2D eigenvalue weighted by Crippen LogP contribution is -2.44. The minimum absolute atomic E-state index is 0.0145. The molecule has 1 atom stereocenters. The number of benzene rings is 1. The van der Waals surface area contributed by atoms with Gasteiger partial charge in [-0.3, -0.25) is 4.79 Å². The number of amidine groups is 1. The lowest BCUT2D eigenvalue weighted by atomic mass is 10.1. The van der Waals surface area contributed by atoms with E-state index in [-0.39, 0.29) is 11.7 Å². The van der Waals surface area contributed by atoms with Gasteiger partial charge in [0.15, 0.2) is 5.84 Å². The minimum atomic E-state index is -0.482. The van der Waals surface area contributed by atoms with E-state index in [1.54, 1.807) is 31.4 Å². The fourth-order valence-electron chi connectivity index (χ4n) is 1.44. The Morgan fingerprint density at radius 3 is 2.56 bits per heavy atom. The molecular formula is C12H17N3O3. The number of rotatable bonds is 5. The van der Waals surface area contributed by atoms with E-state index in [4.69, 9.17) is 15.7 Å². The highest BCUT2D eigenvalue weighted by Crippen LogP contribution is 2.11. The van der Waals surface area contributed by atoms with Crippen molar-refractivity contribution >= 4 is 11.7 Å². The molecule has 98 valence electrons. The van der Waals surface area contributed by atoms with Crippen LogP contribution in [0.25, 0.3) is 0 Å². The van der Waals surface area contributed by atoms with Crippen LogP contribution in [0.3, 0.4) is 0 Å². The predicted molar refractivity (Wildman–Crippen MR) is 67.9 cm³/mol. The van der Waals surface area contributed by atoms with Crippen molar-refractivity contribution in [3.05, 3.63) is 29.8 Å². The molecule has 0 aliphatic rings. The number of carbonyl (C=O) groups excluding carboxylic acids is 1. The van der Waals surface area contributed by atoms with Crippen molar-refractivity contribution in [3.63, 3.8) is 0 Å². The number of oxime groups is 1. The molecular weight excluding hydrogens is 234 g/mol. The minimum Gasteiger partial charge on any atom is -0.497 e. The fraction of sp³-hybridized carbons (Fsp3) is 0.333. The molecule has 18 heavy (non-hydrogen) atoms. The van der Waals surface area contributed by atoms with Crippen LogP contribution in [0.1, 0.15) is 23.7 Å². The van der Waals surface area contributed by atoms with Gasteiger partial charge in [-0.25, -0.2) is 0 Å². The molecule has 6 heteroatoms. The summed E-state index contributed by atoms with van der Waals surface area (Å²) in [6.07, 6.45) is 0.539. The number of methoxy groups -OCH3 is 1. The smallest absolute Gasteiger partial charge is 0.251 e. The Kier molecular flexibility index (Phi) is 4.98. The van der Waals surface area contributed by atoms with Crippen molar-refractivity contribution in [1.29, 1.82) is 0 Å². The number of hydrogen-bond acceptors (Lipinski definition) is 4. The highest BCUT2D eigenvalue weighted by Gasteiger charge is 2.15. The first-order valence-corrected chi connectivity index (χ1v) is 5.54. The summed E-state index contributed by atoms with van der Waals surface area (Å²) in [7, 11) is 1.56. The predicted octanol–water partition coefficient (Wildman–Crippen LogP) is 0.950. The topological polar surface area (TPSA) is 96.9 Å². The lowest BCUT2D eigenvalue weighted by Gasteiger charge is -2.15. The van der Waals surface area contributed by atoms with E-state index in [9.17, 15) is 4.79 Å². The summed E-state index contributed by atoms with van der Waals surface area (Å²) >= 11 is 0. The Morgan fingerprint density at radius 1 is 1.50 bits per heavy atom. The van der Waals surface area contributed by atoms with Crippen LogP contribution < -0.4 is 15.8 Å². The molecule has 1 amide bonds. The summed E-state index contributed by atoms with van der Waals surface area (Å²) in [5.41, 5.74) is 5.95. The number of hydrogen-bond donors (Lipinski definition) is 3. The second-order valence-electron chi connectivity index (χ2n) is 3.69. The monoisotopic (exact) mass is 251 g/mol. The zero-order valence-corrected chi connectivity index (χ0v) is 10.4. The van der Waals surface area contributed by atoms with Crippen LogP contribution in [0.4, 0.5) is 0 Å². The van der Waals surface area contributed by atoms with Gasteiger partial charge in [-0.05, 0) is 30.7 Å². The number of nitrogens with two attached hydrogens (primary N) is 1. The first-order chi connectivity index (χ1) is 8.62. The van der Waals surface area contributed by atoms with Gasteiger partial charge in [-0.15, -0.1) is 0 Å². The van der Waals surface area contributed by atoms with E-state index in [2.05, 4.69) is 10.5 Å². The second kappa shape index (κ2) is 6.48. The molecule has 0 aliphatic carbocycles. The average Bonchev–Trinajstić information content (AvgIpc) is 2.43. The number of carbonyl (C=O) groups is 1. The summed E-state index contributed by atoms with van der Waals surface area (Å²) < 4.78 is 5.00.